The number of halogens is 1. The van der Waals surface area contributed by atoms with Crippen molar-refractivity contribution < 1.29 is 19.1 Å². The fraction of sp³-hybridized carbons (Fsp3) is 0.241. The number of anilines is 2. The second-order valence-electron chi connectivity index (χ2n) is 9.20. The lowest BCUT2D eigenvalue weighted by atomic mass is 9.97. The maximum Gasteiger partial charge on any atom is 0.303 e. The first-order valence-corrected chi connectivity index (χ1v) is 13.4. The molecule has 37 heavy (non-hydrogen) atoms. The molecule has 2 heterocycles. The zero-order valence-corrected chi connectivity index (χ0v) is 21.1. The summed E-state index contributed by atoms with van der Waals surface area (Å²) in [5, 5.41) is 15.3. The van der Waals surface area contributed by atoms with Crippen LogP contribution >= 0.6 is 11.8 Å². The Morgan fingerprint density at radius 1 is 1.03 bits per heavy atom. The lowest BCUT2D eigenvalue weighted by molar-refractivity contribution is -0.137. The lowest BCUT2D eigenvalue weighted by Crippen LogP contribution is -2.31. The topological polar surface area (TPSA) is 81.7 Å². The van der Waals surface area contributed by atoms with Crippen LogP contribution < -0.4 is 10.6 Å². The number of amides is 1. The summed E-state index contributed by atoms with van der Waals surface area (Å²) in [4.78, 5) is 26.7. The highest BCUT2D eigenvalue weighted by Crippen LogP contribution is 2.38. The molecule has 3 N–H and O–H groups in total. The maximum absolute atomic E-state index is 13.9. The van der Waals surface area contributed by atoms with Crippen LogP contribution in [0.1, 0.15) is 28.7 Å². The Bertz CT molecular complexity index is 1350. The van der Waals surface area contributed by atoms with Crippen molar-refractivity contribution in [2.45, 2.75) is 19.4 Å². The first-order valence-electron chi connectivity index (χ1n) is 12.3. The van der Waals surface area contributed by atoms with Gasteiger partial charge in [-0.3, -0.25) is 14.5 Å². The van der Waals surface area contributed by atoms with Crippen LogP contribution in [0.4, 0.5) is 15.8 Å². The van der Waals surface area contributed by atoms with E-state index in [0.717, 1.165) is 48.0 Å². The summed E-state index contributed by atoms with van der Waals surface area (Å²) in [6.45, 7) is 3.09. The van der Waals surface area contributed by atoms with E-state index in [-0.39, 0.29) is 12.3 Å². The third-order valence-electron chi connectivity index (χ3n) is 6.55. The number of hydrogen-bond donors (Lipinski definition) is 3. The van der Waals surface area contributed by atoms with Gasteiger partial charge < -0.3 is 15.7 Å². The van der Waals surface area contributed by atoms with Gasteiger partial charge in [0.1, 0.15) is 5.82 Å². The molecule has 5 rings (SSSR count). The third-order valence-corrected chi connectivity index (χ3v) is 7.50. The highest BCUT2D eigenvalue weighted by molar-refractivity contribution is 7.99. The van der Waals surface area contributed by atoms with Crippen molar-refractivity contribution in [1.82, 2.24) is 4.90 Å². The predicted octanol–water partition coefficient (Wildman–Crippen LogP) is 5.32. The molecule has 3 aromatic rings. The van der Waals surface area contributed by atoms with E-state index in [0.29, 0.717) is 28.9 Å². The van der Waals surface area contributed by atoms with Gasteiger partial charge in [0.15, 0.2) is 0 Å². The van der Waals surface area contributed by atoms with Crippen molar-refractivity contribution in [2.24, 2.45) is 0 Å². The Kier molecular flexibility index (Phi) is 7.58. The molecule has 8 heteroatoms. The standard InChI is InChI=1S/C29H28FN3O3S/c30-22-7-10-24-25(17-22)32-29(36)27(24)28(21-3-1-2-19(16-21)6-11-26(34)35)31-23-8-4-20(5-9-23)18-33-12-14-37-15-13-33/h1-5,7-10,16-17,31H,6,11-15,18H2,(H,32,36)(H,34,35)/b28-27-. The molecular formula is C29H28FN3O3S. The smallest absolute Gasteiger partial charge is 0.303 e. The molecule has 2 aliphatic heterocycles. The van der Waals surface area contributed by atoms with E-state index in [9.17, 15) is 14.0 Å². The fourth-order valence-electron chi connectivity index (χ4n) is 4.66. The molecule has 0 saturated carbocycles. The zero-order chi connectivity index (χ0) is 25.8. The van der Waals surface area contributed by atoms with Gasteiger partial charge in [-0.2, -0.15) is 11.8 Å². The van der Waals surface area contributed by atoms with Gasteiger partial charge in [0.05, 0.1) is 17.0 Å². The number of aliphatic carboxylic acids is 1. The molecule has 3 aromatic carbocycles. The Hall–Kier alpha value is -3.62. The zero-order valence-electron chi connectivity index (χ0n) is 20.3. The molecule has 0 spiro atoms. The quantitative estimate of drug-likeness (QED) is 0.351. The van der Waals surface area contributed by atoms with Gasteiger partial charge in [-0.15, -0.1) is 0 Å². The maximum atomic E-state index is 13.9. The number of nitrogens with one attached hydrogen (secondary N) is 2. The number of benzene rings is 3. The minimum atomic E-state index is -0.864. The molecule has 6 nitrogen and oxygen atoms in total. The van der Waals surface area contributed by atoms with E-state index in [2.05, 4.69) is 27.7 Å². The van der Waals surface area contributed by atoms with Crippen molar-refractivity contribution in [2.75, 3.05) is 35.2 Å². The molecule has 0 aliphatic carbocycles. The number of fused-ring (bicyclic) bond motifs is 1. The van der Waals surface area contributed by atoms with Gasteiger partial charge >= 0.3 is 5.97 Å². The predicted molar refractivity (Wildman–Crippen MR) is 147 cm³/mol. The van der Waals surface area contributed by atoms with E-state index in [1.54, 1.807) is 6.07 Å². The van der Waals surface area contributed by atoms with E-state index < -0.39 is 11.8 Å². The molecule has 1 saturated heterocycles. The van der Waals surface area contributed by atoms with Crippen molar-refractivity contribution >= 4 is 46.3 Å². The number of rotatable bonds is 8. The molecule has 0 aromatic heterocycles. The van der Waals surface area contributed by atoms with E-state index >= 15 is 0 Å². The minimum Gasteiger partial charge on any atom is -0.481 e. The van der Waals surface area contributed by atoms with Crippen molar-refractivity contribution in [1.29, 1.82) is 0 Å². The Labute approximate surface area is 219 Å². The van der Waals surface area contributed by atoms with Crippen LogP contribution in [-0.2, 0) is 22.6 Å². The van der Waals surface area contributed by atoms with E-state index in [1.165, 1.54) is 17.7 Å². The molecular weight excluding hydrogens is 489 g/mol. The molecule has 0 radical (unpaired) electrons. The van der Waals surface area contributed by atoms with Crippen molar-refractivity contribution in [3.05, 3.63) is 94.8 Å². The number of thioether (sulfide) groups is 1. The van der Waals surface area contributed by atoms with Gasteiger partial charge in [0.25, 0.3) is 5.91 Å². The fourth-order valence-corrected chi connectivity index (χ4v) is 5.64. The third kappa shape index (κ3) is 6.03. The number of hydrogen-bond acceptors (Lipinski definition) is 5. The molecule has 1 amide bonds. The van der Waals surface area contributed by atoms with Gasteiger partial charge in [-0.25, -0.2) is 4.39 Å². The second kappa shape index (κ2) is 11.2. The van der Waals surface area contributed by atoms with Crippen LogP contribution in [0.3, 0.4) is 0 Å². The molecule has 190 valence electrons. The number of nitrogens with zero attached hydrogens (tertiary/aromatic N) is 1. The molecule has 0 unspecified atom stereocenters. The largest absolute Gasteiger partial charge is 0.481 e. The van der Waals surface area contributed by atoms with Gasteiger partial charge in [0.2, 0.25) is 0 Å². The van der Waals surface area contributed by atoms with Crippen LogP contribution in [0.2, 0.25) is 0 Å². The van der Waals surface area contributed by atoms with E-state index in [4.69, 9.17) is 5.11 Å². The second-order valence-corrected chi connectivity index (χ2v) is 10.4. The molecule has 0 bridgehead atoms. The molecule has 2 aliphatic rings. The highest BCUT2D eigenvalue weighted by atomic mass is 32.2. The highest BCUT2D eigenvalue weighted by Gasteiger charge is 2.29. The summed E-state index contributed by atoms with van der Waals surface area (Å²) >= 11 is 1.99. The SMILES string of the molecule is O=C(O)CCc1cccc(/C(Nc2ccc(CN3CCSCC3)cc2)=C2/C(=O)Nc3cc(F)ccc32)c1. The summed E-state index contributed by atoms with van der Waals surface area (Å²) in [5.41, 5.74) is 5.69. The number of carboxylic acids is 1. The number of carboxylic acid groups (broad SMARTS) is 1. The Balaban J connectivity index is 1.49. The average Bonchev–Trinajstić information content (AvgIpc) is 3.22. The van der Waals surface area contributed by atoms with Crippen molar-refractivity contribution in [3.8, 4) is 0 Å². The van der Waals surface area contributed by atoms with Crippen LogP contribution in [0, 0.1) is 5.82 Å². The van der Waals surface area contributed by atoms with E-state index in [1.807, 2.05) is 48.2 Å². The minimum absolute atomic E-state index is 0.0164. The summed E-state index contributed by atoms with van der Waals surface area (Å²) in [6.07, 6.45) is 0.395. The molecule has 1 fully saturated rings. The lowest BCUT2D eigenvalue weighted by Gasteiger charge is -2.26. The Morgan fingerprint density at radius 2 is 1.81 bits per heavy atom. The van der Waals surface area contributed by atoms with Crippen LogP contribution in [0.25, 0.3) is 11.3 Å². The summed E-state index contributed by atoms with van der Waals surface area (Å²) in [6, 6.07) is 20.0. The first kappa shape index (κ1) is 25.0. The number of carbonyl (C=O) groups excluding carboxylic acids is 1. The van der Waals surface area contributed by atoms with Gasteiger partial charge in [0, 0.05) is 48.8 Å². The van der Waals surface area contributed by atoms with Gasteiger partial charge in [-0.1, -0.05) is 30.3 Å². The van der Waals surface area contributed by atoms with Crippen LogP contribution in [0.15, 0.2) is 66.7 Å². The van der Waals surface area contributed by atoms with Crippen LogP contribution in [0.5, 0.6) is 0 Å². The monoisotopic (exact) mass is 517 g/mol. The average molecular weight is 518 g/mol. The van der Waals surface area contributed by atoms with Gasteiger partial charge in [-0.05, 0) is 59.5 Å². The number of carbonyl (C=O) groups is 2. The summed E-state index contributed by atoms with van der Waals surface area (Å²) in [5.74, 6) is 0.717. The molecule has 0 atom stereocenters. The normalized spacial score (nSPS) is 16.7. The van der Waals surface area contributed by atoms with Crippen molar-refractivity contribution in [3.63, 3.8) is 0 Å². The Morgan fingerprint density at radius 3 is 2.57 bits per heavy atom. The summed E-state index contributed by atoms with van der Waals surface area (Å²) < 4.78 is 13.9. The van der Waals surface area contributed by atoms with Crippen LogP contribution in [-0.4, -0.2) is 46.5 Å². The first-order chi connectivity index (χ1) is 18.0. The number of aryl methyl sites for hydroxylation is 1. The summed E-state index contributed by atoms with van der Waals surface area (Å²) in [7, 11) is 0.